The summed E-state index contributed by atoms with van der Waals surface area (Å²) in [5.41, 5.74) is 1.46. The highest BCUT2D eigenvalue weighted by Gasteiger charge is 2.24. The van der Waals surface area contributed by atoms with Crippen LogP contribution in [0.4, 0.5) is 0 Å². The summed E-state index contributed by atoms with van der Waals surface area (Å²) >= 11 is 0. The van der Waals surface area contributed by atoms with Gasteiger partial charge in [-0.25, -0.2) is 0 Å². The van der Waals surface area contributed by atoms with Crippen LogP contribution in [0, 0.1) is 0 Å². The third-order valence-corrected chi connectivity index (χ3v) is 2.69. The molecule has 0 atom stereocenters. The van der Waals surface area contributed by atoms with Crippen molar-refractivity contribution in [3.8, 4) is 0 Å². The number of unbranched alkanes of at least 4 members (excludes halogenated alkanes) is 2. The van der Waals surface area contributed by atoms with Gasteiger partial charge in [0.15, 0.2) is 0 Å². The van der Waals surface area contributed by atoms with Gasteiger partial charge < -0.3 is 0 Å². The van der Waals surface area contributed by atoms with Crippen LogP contribution in [0.5, 0.6) is 0 Å². The Kier molecular flexibility index (Phi) is 2.67. The predicted octanol–water partition coefficient (Wildman–Crippen LogP) is 2.95. The van der Waals surface area contributed by atoms with E-state index in [9.17, 15) is 0 Å². The maximum absolute atomic E-state index is 4.37. The summed E-state index contributed by atoms with van der Waals surface area (Å²) in [6, 6.07) is 0. The van der Waals surface area contributed by atoms with Gasteiger partial charge in [0.2, 0.25) is 0 Å². The number of hydrogen-bond acceptors (Lipinski definition) is 1. The van der Waals surface area contributed by atoms with E-state index in [1.54, 1.807) is 0 Å². The normalized spacial score (nSPS) is 16.4. The van der Waals surface area contributed by atoms with Crippen LogP contribution in [0.2, 0.25) is 0 Å². The molecule has 2 nitrogen and oxygen atoms in total. The van der Waals surface area contributed by atoms with Crippen molar-refractivity contribution < 1.29 is 0 Å². The summed E-state index contributed by atoms with van der Waals surface area (Å²) in [5.74, 6) is 0.847. The second-order valence-electron chi connectivity index (χ2n) is 4.02. The fraction of sp³-hybridized carbons (Fsp3) is 0.727. The number of aromatic nitrogens is 2. The van der Waals surface area contributed by atoms with Crippen LogP contribution in [-0.2, 0) is 6.54 Å². The molecule has 2 rings (SSSR count). The first-order chi connectivity index (χ1) is 6.40. The molecule has 1 aromatic rings. The highest BCUT2D eigenvalue weighted by Crippen LogP contribution is 2.39. The molecule has 0 N–H and O–H groups in total. The maximum atomic E-state index is 4.37. The first-order valence-electron chi connectivity index (χ1n) is 5.42. The quantitative estimate of drug-likeness (QED) is 0.634. The minimum Gasteiger partial charge on any atom is -0.272 e. The summed E-state index contributed by atoms with van der Waals surface area (Å²) in [4.78, 5) is 0. The summed E-state index contributed by atoms with van der Waals surface area (Å²) in [6.45, 7) is 3.33. The third kappa shape index (κ3) is 2.33. The lowest BCUT2D eigenvalue weighted by Gasteiger charge is -1.98. The van der Waals surface area contributed by atoms with E-state index in [0.29, 0.717) is 0 Å². The molecule has 72 valence electrons. The molecular formula is C11H18N2. The van der Waals surface area contributed by atoms with Gasteiger partial charge in [-0.3, -0.25) is 4.68 Å². The standard InChI is InChI=1S/C11H18N2/c1-2-3-4-7-13-9-11(8-12-13)10-5-6-10/h8-10H,2-7H2,1H3. The second kappa shape index (κ2) is 3.95. The molecule has 0 saturated heterocycles. The average molecular weight is 178 g/mol. The van der Waals surface area contributed by atoms with Crippen LogP contribution in [0.3, 0.4) is 0 Å². The third-order valence-electron chi connectivity index (χ3n) is 2.69. The van der Waals surface area contributed by atoms with Gasteiger partial charge in [-0.15, -0.1) is 0 Å². The Morgan fingerprint density at radius 3 is 3.00 bits per heavy atom. The molecular weight excluding hydrogens is 160 g/mol. The molecule has 0 spiro atoms. The topological polar surface area (TPSA) is 17.8 Å². The van der Waals surface area contributed by atoms with E-state index in [-0.39, 0.29) is 0 Å². The fourth-order valence-electron chi connectivity index (χ4n) is 1.65. The van der Waals surface area contributed by atoms with E-state index in [1.165, 1.54) is 37.7 Å². The monoisotopic (exact) mass is 178 g/mol. The molecule has 1 fully saturated rings. The van der Waals surface area contributed by atoms with Crippen LogP contribution >= 0.6 is 0 Å². The molecule has 1 aliphatic carbocycles. The summed E-state index contributed by atoms with van der Waals surface area (Å²) < 4.78 is 2.10. The lowest BCUT2D eigenvalue weighted by atomic mass is 10.2. The smallest absolute Gasteiger partial charge is 0.0524 e. The van der Waals surface area contributed by atoms with Gasteiger partial charge in [-0.1, -0.05) is 19.8 Å². The summed E-state index contributed by atoms with van der Waals surface area (Å²) in [6.07, 6.45) is 10.9. The molecule has 1 saturated carbocycles. The highest BCUT2D eigenvalue weighted by atomic mass is 15.3. The number of nitrogens with zero attached hydrogens (tertiary/aromatic N) is 2. The van der Waals surface area contributed by atoms with Crippen molar-refractivity contribution in [3.05, 3.63) is 18.0 Å². The molecule has 13 heavy (non-hydrogen) atoms. The molecule has 0 aliphatic heterocycles. The molecule has 1 aliphatic rings. The van der Waals surface area contributed by atoms with Crippen LogP contribution in [0.25, 0.3) is 0 Å². The largest absolute Gasteiger partial charge is 0.272 e. The van der Waals surface area contributed by atoms with Crippen molar-refractivity contribution in [3.63, 3.8) is 0 Å². The zero-order valence-electron chi connectivity index (χ0n) is 8.37. The molecule has 0 bridgehead atoms. The molecule has 0 amide bonds. The second-order valence-corrected chi connectivity index (χ2v) is 4.02. The zero-order chi connectivity index (χ0) is 9.10. The van der Waals surface area contributed by atoms with Crippen LogP contribution in [0.1, 0.15) is 50.5 Å². The van der Waals surface area contributed by atoms with Gasteiger partial charge in [-0.2, -0.15) is 5.10 Å². The maximum Gasteiger partial charge on any atom is 0.0524 e. The Bertz CT molecular complexity index is 261. The Balaban J connectivity index is 1.82. The van der Waals surface area contributed by atoms with E-state index in [2.05, 4.69) is 22.9 Å². The minimum atomic E-state index is 0.847. The Hall–Kier alpha value is -0.790. The molecule has 1 aromatic heterocycles. The molecule has 0 aromatic carbocycles. The van der Waals surface area contributed by atoms with Crippen LogP contribution in [0.15, 0.2) is 12.4 Å². The number of aryl methyl sites for hydroxylation is 1. The van der Waals surface area contributed by atoms with E-state index in [1.807, 2.05) is 6.20 Å². The zero-order valence-corrected chi connectivity index (χ0v) is 8.37. The van der Waals surface area contributed by atoms with Crippen molar-refractivity contribution >= 4 is 0 Å². The SMILES string of the molecule is CCCCCn1cc(C2CC2)cn1. The van der Waals surface area contributed by atoms with Crippen molar-refractivity contribution in [2.75, 3.05) is 0 Å². The molecule has 0 unspecified atom stereocenters. The molecule has 0 radical (unpaired) electrons. The van der Waals surface area contributed by atoms with E-state index < -0.39 is 0 Å². The lowest BCUT2D eigenvalue weighted by Crippen LogP contribution is -1.97. The van der Waals surface area contributed by atoms with Crippen LogP contribution in [-0.4, -0.2) is 9.78 Å². The Morgan fingerprint density at radius 2 is 2.31 bits per heavy atom. The summed E-state index contributed by atoms with van der Waals surface area (Å²) in [7, 11) is 0. The van der Waals surface area contributed by atoms with E-state index >= 15 is 0 Å². The van der Waals surface area contributed by atoms with E-state index in [4.69, 9.17) is 0 Å². The van der Waals surface area contributed by atoms with Gasteiger partial charge in [0.05, 0.1) is 6.20 Å². The average Bonchev–Trinajstić information content (AvgIpc) is 2.88. The predicted molar refractivity (Wildman–Crippen MR) is 53.7 cm³/mol. The van der Waals surface area contributed by atoms with Crippen molar-refractivity contribution in [1.29, 1.82) is 0 Å². The Morgan fingerprint density at radius 1 is 1.46 bits per heavy atom. The van der Waals surface area contributed by atoms with Gasteiger partial charge in [0, 0.05) is 12.7 Å². The molecule has 2 heteroatoms. The number of rotatable bonds is 5. The van der Waals surface area contributed by atoms with Gasteiger partial charge in [-0.05, 0) is 30.7 Å². The Labute approximate surface area is 80.0 Å². The first kappa shape index (κ1) is 8.79. The van der Waals surface area contributed by atoms with E-state index in [0.717, 1.165) is 12.5 Å². The van der Waals surface area contributed by atoms with Crippen LogP contribution < -0.4 is 0 Å². The summed E-state index contributed by atoms with van der Waals surface area (Å²) in [5, 5.41) is 4.37. The minimum absolute atomic E-state index is 0.847. The highest BCUT2D eigenvalue weighted by molar-refractivity contribution is 5.16. The first-order valence-corrected chi connectivity index (χ1v) is 5.42. The van der Waals surface area contributed by atoms with Crippen molar-refractivity contribution in [2.24, 2.45) is 0 Å². The van der Waals surface area contributed by atoms with Gasteiger partial charge >= 0.3 is 0 Å². The van der Waals surface area contributed by atoms with Gasteiger partial charge in [0.25, 0.3) is 0 Å². The lowest BCUT2D eigenvalue weighted by molar-refractivity contribution is 0.553. The van der Waals surface area contributed by atoms with Crippen molar-refractivity contribution in [2.45, 2.75) is 51.5 Å². The molecule has 1 heterocycles. The fourth-order valence-corrected chi connectivity index (χ4v) is 1.65. The van der Waals surface area contributed by atoms with Crippen molar-refractivity contribution in [1.82, 2.24) is 9.78 Å². The number of hydrogen-bond donors (Lipinski definition) is 0. The van der Waals surface area contributed by atoms with Gasteiger partial charge in [0.1, 0.15) is 0 Å².